The van der Waals surface area contributed by atoms with E-state index in [-0.39, 0.29) is 23.2 Å². The van der Waals surface area contributed by atoms with Crippen molar-refractivity contribution in [1.82, 2.24) is 4.90 Å². The number of hydrogen-bond acceptors (Lipinski definition) is 5. The number of aliphatic hydroxyl groups excluding tert-OH is 1. The van der Waals surface area contributed by atoms with Gasteiger partial charge in [0.1, 0.15) is 6.04 Å². The number of carbonyl (C=O) groups excluding carboxylic acids is 2. The topological polar surface area (TPSA) is 57.6 Å². The summed E-state index contributed by atoms with van der Waals surface area (Å²) in [5, 5.41) is 14.4. The van der Waals surface area contributed by atoms with Gasteiger partial charge in [0.05, 0.1) is 10.5 Å². The number of amides is 1. The molecule has 1 fully saturated rings. The normalized spacial score (nSPS) is 21.6. The fourth-order valence-electron chi connectivity index (χ4n) is 3.88. The van der Waals surface area contributed by atoms with E-state index in [2.05, 4.69) is 0 Å². The van der Waals surface area contributed by atoms with Crippen molar-refractivity contribution in [1.29, 1.82) is 0 Å². The number of Topliss-reactive ketones (excluding diaryl/α,β-unsaturated/α-hetero) is 1. The molecule has 0 saturated heterocycles. The third kappa shape index (κ3) is 2.64. The minimum atomic E-state index is -0.467. The number of rotatable bonds is 4. The lowest BCUT2D eigenvalue weighted by atomic mass is 9.98. The Morgan fingerprint density at radius 3 is 2.56 bits per heavy atom. The van der Waals surface area contributed by atoms with E-state index in [1.165, 1.54) is 11.3 Å². The van der Waals surface area contributed by atoms with E-state index < -0.39 is 11.9 Å². The highest BCUT2D eigenvalue weighted by Crippen LogP contribution is 2.45. The van der Waals surface area contributed by atoms with Gasteiger partial charge in [0.15, 0.2) is 5.76 Å². The average Bonchev–Trinajstić information content (AvgIpc) is 3.36. The third-order valence-corrected chi connectivity index (χ3v) is 7.04. The number of nitrogens with zero attached hydrogens (tertiary/aromatic N) is 1. The van der Waals surface area contributed by atoms with Crippen LogP contribution in [0.2, 0.25) is 0 Å². The van der Waals surface area contributed by atoms with Crippen molar-refractivity contribution in [2.75, 3.05) is 0 Å². The second-order valence-corrected chi connectivity index (χ2v) is 8.49. The van der Waals surface area contributed by atoms with Crippen LogP contribution in [0.1, 0.15) is 51.8 Å². The van der Waals surface area contributed by atoms with Crippen LogP contribution < -0.4 is 0 Å². The number of carbonyl (C=O) groups is 2. The number of hydrogen-bond donors (Lipinski definition) is 1. The summed E-state index contributed by atoms with van der Waals surface area (Å²) in [7, 11) is 0. The number of aryl methyl sites for hydroxylation is 1. The molecule has 0 radical (unpaired) electrons. The zero-order valence-electron chi connectivity index (χ0n) is 13.9. The molecule has 0 aromatic carbocycles. The number of aliphatic hydroxyl groups is 1. The lowest BCUT2D eigenvalue weighted by molar-refractivity contribution is -0.131. The van der Waals surface area contributed by atoms with Crippen LogP contribution >= 0.6 is 22.7 Å². The molecule has 2 aromatic heterocycles. The summed E-state index contributed by atoms with van der Waals surface area (Å²) in [6.07, 6.45) is 4.03. The quantitative estimate of drug-likeness (QED) is 0.795. The van der Waals surface area contributed by atoms with E-state index >= 15 is 0 Å². The van der Waals surface area contributed by atoms with Crippen molar-refractivity contribution >= 4 is 34.4 Å². The Kier molecular flexibility index (Phi) is 4.25. The molecule has 1 amide bonds. The van der Waals surface area contributed by atoms with E-state index in [0.29, 0.717) is 4.88 Å². The van der Waals surface area contributed by atoms with Crippen LogP contribution in [0.15, 0.2) is 40.3 Å². The maximum atomic E-state index is 13.1. The molecule has 1 aliphatic heterocycles. The van der Waals surface area contributed by atoms with Crippen molar-refractivity contribution in [3.63, 3.8) is 0 Å². The van der Waals surface area contributed by atoms with Gasteiger partial charge in [0.25, 0.3) is 5.91 Å². The van der Waals surface area contributed by atoms with Gasteiger partial charge in [-0.3, -0.25) is 9.59 Å². The molecule has 2 aromatic rings. The molecule has 6 heteroatoms. The van der Waals surface area contributed by atoms with Gasteiger partial charge in [0, 0.05) is 10.9 Å². The molecule has 1 aliphatic carbocycles. The summed E-state index contributed by atoms with van der Waals surface area (Å²) in [4.78, 5) is 29.2. The zero-order valence-corrected chi connectivity index (χ0v) is 15.5. The van der Waals surface area contributed by atoms with E-state index in [9.17, 15) is 14.7 Å². The fourth-order valence-corrected chi connectivity index (χ4v) is 5.59. The minimum Gasteiger partial charge on any atom is -0.503 e. The highest BCUT2D eigenvalue weighted by atomic mass is 32.1. The molecule has 1 atom stereocenters. The Morgan fingerprint density at radius 2 is 1.96 bits per heavy atom. The maximum absolute atomic E-state index is 13.1. The van der Waals surface area contributed by atoms with Gasteiger partial charge in [-0.05, 0) is 48.2 Å². The fraction of sp³-hybridized carbons (Fsp3) is 0.368. The summed E-state index contributed by atoms with van der Waals surface area (Å²) >= 11 is 2.88. The van der Waals surface area contributed by atoms with Gasteiger partial charge in [-0.1, -0.05) is 18.9 Å². The largest absolute Gasteiger partial charge is 0.503 e. The van der Waals surface area contributed by atoms with Gasteiger partial charge in [-0.2, -0.15) is 0 Å². The van der Waals surface area contributed by atoms with E-state index in [1.807, 2.05) is 29.8 Å². The van der Waals surface area contributed by atoms with Gasteiger partial charge in [-0.15, -0.1) is 22.7 Å². The van der Waals surface area contributed by atoms with Gasteiger partial charge in [0.2, 0.25) is 5.78 Å². The molecule has 4 nitrogen and oxygen atoms in total. The molecule has 25 heavy (non-hydrogen) atoms. The lowest BCUT2D eigenvalue weighted by Gasteiger charge is -2.31. The lowest BCUT2D eigenvalue weighted by Crippen LogP contribution is -2.38. The molecule has 3 heterocycles. The first-order chi connectivity index (χ1) is 12.1. The zero-order chi connectivity index (χ0) is 17.6. The van der Waals surface area contributed by atoms with Crippen molar-refractivity contribution in [3.8, 4) is 0 Å². The Labute approximate surface area is 154 Å². The second kappa shape index (κ2) is 6.42. The molecule has 1 N–H and O–H groups in total. The summed E-state index contributed by atoms with van der Waals surface area (Å²) < 4.78 is 0. The van der Waals surface area contributed by atoms with Crippen LogP contribution in [0.4, 0.5) is 0 Å². The number of thiophene rings is 2. The molecule has 0 spiro atoms. The smallest absolute Gasteiger partial charge is 0.290 e. The first kappa shape index (κ1) is 16.5. The first-order valence-electron chi connectivity index (χ1n) is 8.47. The van der Waals surface area contributed by atoms with Crippen LogP contribution in [0.5, 0.6) is 0 Å². The average molecular weight is 373 g/mol. The van der Waals surface area contributed by atoms with Crippen LogP contribution in [-0.2, 0) is 4.79 Å². The van der Waals surface area contributed by atoms with Crippen molar-refractivity contribution in [3.05, 3.63) is 55.6 Å². The van der Waals surface area contributed by atoms with Crippen molar-refractivity contribution in [2.24, 2.45) is 0 Å². The third-order valence-electron chi connectivity index (χ3n) is 5.10. The first-order valence-corrected chi connectivity index (χ1v) is 10.2. The van der Waals surface area contributed by atoms with Gasteiger partial charge in [-0.25, -0.2) is 0 Å². The summed E-state index contributed by atoms with van der Waals surface area (Å²) in [6.45, 7) is 1.99. The maximum Gasteiger partial charge on any atom is 0.290 e. The molecule has 130 valence electrons. The van der Waals surface area contributed by atoms with Gasteiger partial charge < -0.3 is 10.0 Å². The molecule has 4 rings (SSSR count). The predicted octanol–water partition coefficient (Wildman–Crippen LogP) is 4.64. The molecule has 2 aliphatic rings. The standard InChI is InChI=1S/C19H19NO3S2/c1-11-8-10-25-18(11)15-14(16(21)13-7-4-9-24-13)17(22)19(23)20(15)12-5-2-3-6-12/h4,7-10,12,15,22H,2-3,5-6H2,1H3. The van der Waals surface area contributed by atoms with E-state index in [1.54, 1.807) is 22.3 Å². The molecule has 1 unspecified atom stereocenters. The summed E-state index contributed by atoms with van der Waals surface area (Å²) in [5.74, 6) is -1.01. The summed E-state index contributed by atoms with van der Waals surface area (Å²) in [5.41, 5.74) is 1.29. The van der Waals surface area contributed by atoms with Gasteiger partial charge >= 0.3 is 0 Å². The Morgan fingerprint density at radius 1 is 1.20 bits per heavy atom. The molecule has 1 saturated carbocycles. The predicted molar refractivity (Wildman–Crippen MR) is 99.2 cm³/mol. The molecule has 0 bridgehead atoms. The van der Waals surface area contributed by atoms with Crippen LogP contribution in [0, 0.1) is 6.92 Å². The van der Waals surface area contributed by atoms with E-state index in [0.717, 1.165) is 36.1 Å². The molecular formula is C19H19NO3S2. The monoisotopic (exact) mass is 373 g/mol. The Balaban J connectivity index is 1.83. The highest BCUT2D eigenvalue weighted by molar-refractivity contribution is 7.12. The Hall–Kier alpha value is -1.92. The van der Waals surface area contributed by atoms with Crippen LogP contribution in [0.3, 0.4) is 0 Å². The van der Waals surface area contributed by atoms with Crippen molar-refractivity contribution < 1.29 is 14.7 Å². The molecular weight excluding hydrogens is 354 g/mol. The van der Waals surface area contributed by atoms with Crippen LogP contribution in [0.25, 0.3) is 0 Å². The number of ketones is 1. The summed E-state index contributed by atoms with van der Waals surface area (Å²) in [6, 6.07) is 5.18. The van der Waals surface area contributed by atoms with Crippen LogP contribution in [-0.4, -0.2) is 27.7 Å². The second-order valence-electron chi connectivity index (χ2n) is 6.59. The SMILES string of the molecule is Cc1ccsc1C1C(C(=O)c2cccs2)=C(O)C(=O)N1C1CCCC1. The van der Waals surface area contributed by atoms with Crippen molar-refractivity contribution in [2.45, 2.75) is 44.7 Å². The minimum absolute atomic E-state index is 0.0924. The Bertz CT molecular complexity index is 844. The highest BCUT2D eigenvalue weighted by Gasteiger charge is 2.48. The van der Waals surface area contributed by atoms with E-state index in [4.69, 9.17) is 0 Å².